The topological polar surface area (TPSA) is 20.3 Å². The van der Waals surface area contributed by atoms with Crippen molar-refractivity contribution in [2.45, 2.75) is 44.6 Å². The van der Waals surface area contributed by atoms with Gasteiger partial charge in [0.25, 0.3) is 0 Å². The molecule has 20 heavy (non-hydrogen) atoms. The highest BCUT2D eigenvalue weighted by molar-refractivity contribution is 5.76. The van der Waals surface area contributed by atoms with Gasteiger partial charge in [-0.15, -0.1) is 0 Å². The highest BCUT2D eigenvalue weighted by Gasteiger charge is 2.35. The molecular weight excluding hydrogens is 260 g/mol. The van der Waals surface area contributed by atoms with E-state index >= 15 is 0 Å². The fourth-order valence-corrected chi connectivity index (χ4v) is 3.83. The summed E-state index contributed by atoms with van der Waals surface area (Å²) >= 11 is 0. The van der Waals surface area contributed by atoms with Crippen LogP contribution in [0.5, 0.6) is 0 Å². The number of carbonyl (C=O) groups is 1. The van der Waals surface area contributed by atoms with Crippen LogP contribution in [-0.4, -0.2) is 18.9 Å². The van der Waals surface area contributed by atoms with Gasteiger partial charge in [0.05, 0.1) is 0 Å². The third-order valence-electron chi connectivity index (χ3n) is 4.71. The molecule has 1 aliphatic heterocycles. The van der Waals surface area contributed by atoms with Gasteiger partial charge in [-0.3, -0.25) is 4.79 Å². The predicted octanol–water partition coefficient (Wildman–Crippen LogP) is 3.94. The van der Waals surface area contributed by atoms with E-state index in [9.17, 15) is 13.6 Å². The Morgan fingerprint density at radius 3 is 2.30 bits per heavy atom. The summed E-state index contributed by atoms with van der Waals surface area (Å²) in [6, 6.07) is 2.52. The van der Waals surface area contributed by atoms with E-state index in [2.05, 4.69) is 0 Å². The lowest BCUT2D eigenvalue weighted by Gasteiger charge is -2.31. The van der Waals surface area contributed by atoms with Crippen molar-refractivity contribution < 1.29 is 13.6 Å². The number of hydrogen-bond acceptors (Lipinski definition) is 2. The number of carbonyl (C=O) groups excluding carboxylic acids is 1. The SMILES string of the molecule is O=Cc1cc(F)c(N2CCCC2C2CCCC2)c(F)c1. The lowest BCUT2D eigenvalue weighted by Crippen LogP contribution is -2.35. The number of benzene rings is 1. The molecule has 108 valence electrons. The second-order valence-corrected chi connectivity index (χ2v) is 5.90. The van der Waals surface area contributed by atoms with Gasteiger partial charge in [0.2, 0.25) is 0 Å². The van der Waals surface area contributed by atoms with Gasteiger partial charge in [0.15, 0.2) is 0 Å². The number of aldehydes is 1. The molecule has 0 N–H and O–H groups in total. The molecule has 1 aromatic rings. The summed E-state index contributed by atoms with van der Waals surface area (Å²) in [6.07, 6.45) is 7.25. The highest BCUT2D eigenvalue weighted by atomic mass is 19.1. The summed E-state index contributed by atoms with van der Waals surface area (Å²) in [7, 11) is 0. The molecule has 0 radical (unpaired) electrons. The van der Waals surface area contributed by atoms with E-state index < -0.39 is 11.6 Å². The van der Waals surface area contributed by atoms with Gasteiger partial charge in [0.1, 0.15) is 23.6 Å². The Balaban J connectivity index is 1.93. The zero-order valence-electron chi connectivity index (χ0n) is 11.4. The summed E-state index contributed by atoms with van der Waals surface area (Å²) < 4.78 is 28.3. The van der Waals surface area contributed by atoms with Gasteiger partial charge in [-0.1, -0.05) is 12.8 Å². The summed E-state index contributed by atoms with van der Waals surface area (Å²) in [5, 5.41) is 0. The van der Waals surface area contributed by atoms with Crippen LogP contribution >= 0.6 is 0 Å². The minimum atomic E-state index is -0.614. The molecule has 1 saturated carbocycles. The average Bonchev–Trinajstić information content (AvgIpc) is 3.07. The molecule has 1 atom stereocenters. The molecule has 4 heteroatoms. The first-order chi connectivity index (χ1) is 9.70. The molecule has 0 bridgehead atoms. The number of halogens is 2. The third-order valence-corrected chi connectivity index (χ3v) is 4.71. The Morgan fingerprint density at radius 2 is 1.70 bits per heavy atom. The molecule has 2 nitrogen and oxygen atoms in total. The average molecular weight is 279 g/mol. The van der Waals surface area contributed by atoms with E-state index in [0.29, 0.717) is 18.7 Å². The third kappa shape index (κ3) is 2.32. The van der Waals surface area contributed by atoms with Crippen LogP contribution in [0.4, 0.5) is 14.5 Å². The predicted molar refractivity (Wildman–Crippen MR) is 74.1 cm³/mol. The molecule has 1 aromatic carbocycles. The Labute approximate surface area is 117 Å². The smallest absolute Gasteiger partial charge is 0.150 e. The van der Waals surface area contributed by atoms with Gasteiger partial charge < -0.3 is 4.90 Å². The van der Waals surface area contributed by atoms with Crippen LogP contribution in [0.15, 0.2) is 12.1 Å². The molecule has 3 rings (SSSR count). The second-order valence-electron chi connectivity index (χ2n) is 5.90. The monoisotopic (exact) mass is 279 g/mol. The minimum Gasteiger partial charge on any atom is -0.364 e. The van der Waals surface area contributed by atoms with Crippen LogP contribution < -0.4 is 4.90 Å². The molecule has 1 heterocycles. The van der Waals surface area contributed by atoms with E-state index in [-0.39, 0.29) is 17.3 Å². The van der Waals surface area contributed by atoms with Crippen molar-refractivity contribution in [3.8, 4) is 0 Å². The minimum absolute atomic E-state index is 0.0559. The van der Waals surface area contributed by atoms with Crippen molar-refractivity contribution in [3.05, 3.63) is 29.3 Å². The van der Waals surface area contributed by atoms with Crippen LogP contribution in [0.25, 0.3) is 0 Å². The maximum Gasteiger partial charge on any atom is 0.150 e. The Kier molecular flexibility index (Phi) is 3.72. The molecule has 0 amide bonds. The molecular formula is C16H19F2NO. The van der Waals surface area contributed by atoms with Crippen molar-refractivity contribution in [2.75, 3.05) is 11.4 Å². The van der Waals surface area contributed by atoms with Crippen molar-refractivity contribution in [3.63, 3.8) is 0 Å². The number of nitrogens with zero attached hydrogens (tertiary/aromatic N) is 1. The summed E-state index contributed by atoms with van der Waals surface area (Å²) in [6.45, 7) is 0.704. The summed E-state index contributed by atoms with van der Waals surface area (Å²) in [5.74, 6) is -0.670. The Hall–Kier alpha value is -1.45. The largest absolute Gasteiger partial charge is 0.364 e. The van der Waals surface area contributed by atoms with E-state index in [4.69, 9.17) is 0 Å². The van der Waals surface area contributed by atoms with Gasteiger partial charge in [0, 0.05) is 18.2 Å². The maximum atomic E-state index is 14.2. The number of hydrogen-bond donors (Lipinski definition) is 0. The first-order valence-electron chi connectivity index (χ1n) is 7.41. The normalized spacial score (nSPS) is 23.5. The zero-order valence-corrected chi connectivity index (χ0v) is 11.4. The lowest BCUT2D eigenvalue weighted by molar-refractivity contribution is 0.112. The summed E-state index contributed by atoms with van der Waals surface area (Å²) in [4.78, 5) is 12.6. The first kappa shape index (κ1) is 13.5. The summed E-state index contributed by atoms with van der Waals surface area (Å²) in [5.41, 5.74) is 0.116. The molecule has 1 saturated heterocycles. The van der Waals surface area contributed by atoms with Crippen LogP contribution in [-0.2, 0) is 0 Å². The van der Waals surface area contributed by atoms with Crippen LogP contribution in [0, 0.1) is 17.6 Å². The highest BCUT2D eigenvalue weighted by Crippen LogP contribution is 2.39. The molecule has 2 fully saturated rings. The van der Waals surface area contributed by atoms with Crippen LogP contribution in [0.3, 0.4) is 0 Å². The molecule has 0 spiro atoms. The van der Waals surface area contributed by atoms with Crippen molar-refractivity contribution >= 4 is 12.0 Å². The van der Waals surface area contributed by atoms with Gasteiger partial charge in [-0.25, -0.2) is 8.78 Å². The van der Waals surface area contributed by atoms with E-state index in [1.807, 2.05) is 4.90 Å². The fraction of sp³-hybridized carbons (Fsp3) is 0.562. The Morgan fingerprint density at radius 1 is 1.05 bits per heavy atom. The molecule has 1 unspecified atom stereocenters. The van der Waals surface area contributed by atoms with Crippen molar-refractivity contribution in [1.29, 1.82) is 0 Å². The first-order valence-corrected chi connectivity index (χ1v) is 7.41. The Bertz CT molecular complexity index is 488. The van der Waals surface area contributed by atoms with Crippen LogP contribution in [0.2, 0.25) is 0 Å². The van der Waals surface area contributed by atoms with E-state index in [0.717, 1.165) is 37.8 Å². The van der Waals surface area contributed by atoms with Gasteiger partial charge in [-0.2, -0.15) is 0 Å². The fourth-order valence-electron chi connectivity index (χ4n) is 3.83. The lowest BCUT2D eigenvalue weighted by atomic mass is 9.95. The van der Waals surface area contributed by atoms with Crippen LogP contribution in [0.1, 0.15) is 48.9 Å². The zero-order chi connectivity index (χ0) is 14.1. The number of anilines is 1. The van der Waals surface area contributed by atoms with Crippen molar-refractivity contribution in [2.24, 2.45) is 5.92 Å². The van der Waals surface area contributed by atoms with Crippen molar-refractivity contribution in [1.82, 2.24) is 0 Å². The molecule has 1 aliphatic carbocycles. The molecule has 0 aromatic heterocycles. The standard InChI is InChI=1S/C16H19F2NO/c17-13-8-11(10-20)9-14(18)16(13)19-7-3-6-15(19)12-4-1-2-5-12/h8-10,12,15H,1-7H2. The molecule has 2 aliphatic rings. The van der Waals surface area contributed by atoms with Gasteiger partial charge >= 0.3 is 0 Å². The second kappa shape index (κ2) is 5.51. The quantitative estimate of drug-likeness (QED) is 0.781. The van der Waals surface area contributed by atoms with Gasteiger partial charge in [-0.05, 0) is 43.7 Å². The number of rotatable bonds is 3. The maximum absolute atomic E-state index is 14.2. The van der Waals surface area contributed by atoms with E-state index in [1.54, 1.807) is 0 Å². The van der Waals surface area contributed by atoms with E-state index in [1.165, 1.54) is 12.8 Å².